The number of nitrogens with zero attached hydrogens (tertiary/aromatic N) is 1. The van der Waals surface area contributed by atoms with Crippen LogP contribution in [0.2, 0.25) is 0 Å². The normalized spacial score (nSPS) is 19.5. The first-order valence-corrected chi connectivity index (χ1v) is 22.6. The summed E-state index contributed by atoms with van der Waals surface area (Å²) >= 11 is 0. The van der Waals surface area contributed by atoms with Crippen molar-refractivity contribution in [1.82, 2.24) is 0 Å². The lowest BCUT2D eigenvalue weighted by Gasteiger charge is -2.31. The highest BCUT2D eigenvalue weighted by atomic mass is 15.1. The van der Waals surface area contributed by atoms with Crippen LogP contribution in [-0.4, -0.2) is 0 Å². The Balaban J connectivity index is 1.04. The first-order chi connectivity index (χ1) is 28.0. The molecule has 5 aliphatic carbocycles. The third kappa shape index (κ3) is 5.34. The molecule has 0 aromatic heterocycles. The maximum Gasteiger partial charge on any atom is 0.0465 e. The lowest BCUT2D eigenvalue weighted by Crippen LogP contribution is -2.19. The van der Waals surface area contributed by atoms with E-state index >= 15 is 0 Å². The Morgan fingerprint density at radius 3 is 1.09 bits per heavy atom. The number of fused-ring (bicyclic) bond motifs is 9. The van der Waals surface area contributed by atoms with Gasteiger partial charge >= 0.3 is 0 Å². The van der Waals surface area contributed by atoms with Crippen molar-refractivity contribution in [3.05, 3.63) is 160 Å². The second-order valence-corrected chi connectivity index (χ2v) is 20.2. The van der Waals surface area contributed by atoms with E-state index in [4.69, 9.17) is 0 Å². The third-order valence-corrected chi connectivity index (χ3v) is 15.9. The molecule has 0 atom stereocenters. The largest absolute Gasteiger partial charge is 0.310 e. The van der Waals surface area contributed by atoms with Crippen LogP contribution in [0.3, 0.4) is 0 Å². The van der Waals surface area contributed by atoms with Crippen molar-refractivity contribution in [1.29, 1.82) is 0 Å². The zero-order chi connectivity index (χ0) is 39.6. The lowest BCUT2D eigenvalue weighted by molar-refractivity contribution is 0.443. The van der Waals surface area contributed by atoms with Crippen molar-refractivity contribution in [3.8, 4) is 33.4 Å². The molecule has 0 unspecified atom stereocenters. The summed E-state index contributed by atoms with van der Waals surface area (Å²) in [4.78, 5) is 2.57. The van der Waals surface area contributed by atoms with E-state index in [9.17, 15) is 0 Å². The van der Waals surface area contributed by atoms with Crippen LogP contribution in [0.15, 0.2) is 115 Å². The molecule has 0 amide bonds. The van der Waals surface area contributed by atoms with E-state index in [1.165, 1.54) is 148 Å². The fraction of sp³-hybridized carbons (Fsp3) is 0.368. The fourth-order valence-corrected chi connectivity index (χ4v) is 12.4. The number of benzene rings is 6. The van der Waals surface area contributed by atoms with Gasteiger partial charge in [0.15, 0.2) is 0 Å². The molecule has 2 fully saturated rings. The first kappa shape index (κ1) is 36.2. The topological polar surface area (TPSA) is 3.24 Å². The Morgan fingerprint density at radius 1 is 0.345 bits per heavy atom. The molecule has 6 aromatic carbocycles. The van der Waals surface area contributed by atoms with Crippen LogP contribution in [0.5, 0.6) is 0 Å². The maximum absolute atomic E-state index is 2.59. The fourth-order valence-electron chi connectivity index (χ4n) is 12.4. The summed E-state index contributed by atoms with van der Waals surface area (Å²) in [6.07, 6.45) is 13.6. The van der Waals surface area contributed by atoms with E-state index in [-0.39, 0.29) is 16.2 Å². The van der Waals surface area contributed by atoms with Gasteiger partial charge in [-0.3, -0.25) is 0 Å². The molecule has 5 aliphatic rings. The predicted octanol–water partition coefficient (Wildman–Crippen LogP) is 16.2. The number of rotatable bonds is 5. The Kier molecular flexibility index (Phi) is 8.16. The Labute approximate surface area is 347 Å². The van der Waals surface area contributed by atoms with Crippen LogP contribution in [0.4, 0.5) is 17.1 Å². The van der Waals surface area contributed by atoms with Gasteiger partial charge in [0.2, 0.25) is 0 Å². The molecule has 0 aliphatic heterocycles. The van der Waals surface area contributed by atoms with Crippen LogP contribution >= 0.6 is 0 Å². The average Bonchev–Trinajstić information content (AvgIpc) is 3.73. The summed E-state index contributed by atoms with van der Waals surface area (Å²) in [5.41, 5.74) is 23.6. The molecule has 0 heterocycles. The molecule has 0 saturated heterocycles. The first-order valence-electron chi connectivity index (χ1n) is 22.6. The van der Waals surface area contributed by atoms with Crippen molar-refractivity contribution >= 4 is 17.1 Å². The summed E-state index contributed by atoms with van der Waals surface area (Å²) in [6.45, 7) is 14.6. The Hall–Kier alpha value is -4.88. The summed E-state index contributed by atoms with van der Waals surface area (Å²) in [5, 5.41) is 0. The summed E-state index contributed by atoms with van der Waals surface area (Å²) in [5.74, 6) is 1.41. The zero-order valence-corrected chi connectivity index (χ0v) is 35.6. The molecule has 0 radical (unpaired) electrons. The van der Waals surface area contributed by atoms with Gasteiger partial charge in [-0.2, -0.15) is 0 Å². The van der Waals surface area contributed by atoms with E-state index in [0.717, 1.165) is 0 Å². The molecule has 6 aromatic rings. The second kappa shape index (κ2) is 13.1. The minimum absolute atomic E-state index is 0.0805. The number of anilines is 3. The van der Waals surface area contributed by atoms with Gasteiger partial charge in [0, 0.05) is 33.3 Å². The van der Waals surface area contributed by atoms with Crippen molar-refractivity contribution in [2.24, 2.45) is 0 Å². The highest BCUT2D eigenvalue weighted by Gasteiger charge is 2.40. The molecular formula is C57H59N. The zero-order valence-electron chi connectivity index (χ0n) is 35.6. The van der Waals surface area contributed by atoms with Crippen molar-refractivity contribution in [2.75, 3.05) is 4.90 Å². The van der Waals surface area contributed by atoms with Crippen molar-refractivity contribution in [2.45, 2.75) is 134 Å². The minimum Gasteiger partial charge on any atom is -0.310 e. The molecule has 58 heavy (non-hydrogen) atoms. The highest BCUT2D eigenvalue weighted by molar-refractivity contribution is 5.90. The smallest absolute Gasteiger partial charge is 0.0465 e. The van der Waals surface area contributed by atoms with Gasteiger partial charge in [0.1, 0.15) is 0 Å². The molecule has 292 valence electrons. The van der Waals surface area contributed by atoms with Gasteiger partial charge < -0.3 is 4.90 Å². The van der Waals surface area contributed by atoms with Crippen LogP contribution in [0.25, 0.3) is 33.4 Å². The molecule has 1 nitrogen and oxygen atoms in total. The maximum atomic E-state index is 2.59. The van der Waals surface area contributed by atoms with Crippen molar-refractivity contribution < 1.29 is 0 Å². The van der Waals surface area contributed by atoms with E-state index < -0.39 is 0 Å². The predicted molar refractivity (Wildman–Crippen MR) is 245 cm³/mol. The highest BCUT2D eigenvalue weighted by Crippen LogP contribution is 2.56. The molecule has 1 heteroatoms. The van der Waals surface area contributed by atoms with Crippen molar-refractivity contribution in [3.63, 3.8) is 0 Å². The monoisotopic (exact) mass is 757 g/mol. The molecule has 0 bridgehead atoms. The van der Waals surface area contributed by atoms with Gasteiger partial charge in [-0.25, -0.2) is 0 Å². The average molecular weight is 758 g/mol. The summed E-state index contributed by atoms with van der Waals surface area (Å²) < 4.78 is 0. The minimum atomic E-state index is -0.0871. The summed E-state index contributed by atoms with van der Waals surface area (Å²) in [6, 6.07) is 46.0. The van der Waals surface area contributed by atoms with E-state index in [2.05, 4.69) is 162 Å². The van der Waals surface area contributed by atoms with Crippen LogP contribution in [-0.2, 0) is 16.2 Å². The summed E-state index contributed by atoms with van der Waals surface area (Å²) in [7, 11) is 0. The van der Waals surface area contributed by atoms with Gasteiger partial charge in [0.05, 0.1) is 0 Å². The lowest BCUT2D eigenvalue weighted by atomic mass is 9.78. The molecule has 0 spiro atoms. The Bertz CT molecular complexity index is 2490. The third-order valence-electron chi connectivity index (χ3n) is 15.9. The quantitative estimate of drug-likeness (QED) is 0.169. The standard InChI is InChI=1S/C57H59N/c1-55(2)49-20-14-13-19-43(49)46-28-23-40(33-52(46)55)58(41-24-29-47-44-26-21-38(36-15-9-7-10-16-36)31-50(44)56(3,4)53(47)34-41)42-25-30-48-45-27-22-39(37-17-11-8-12-18-37)32-51(45)57(5,6)54(48)35-42/h13-14,19-37H,7-12,15-18H2,1-6H3. The molecule has 0 N–H and O–H groups in total. The van der Waals surface area contributed by atoms with Crippen LogP contribution in [0.1, 0.15) is 162 Å². The SMILES string of the molecule is CC1(C)c2ccccc2-c2ccc(N(c3ccc4c(c3)C(C)(C)c3cc(C5CCCCC5)ccc3-4)c3ccc4c(c3)C(C)(C)c3cc(C5CCCCC5)ccc3-4)cc21. The molecular weight excluding hydrogens is 699 g/mol. The van der Waals surface area contributed by atoms with E-state index in [0.29, 0.717) is 11.8 Å². The van der Waals surface area contributed by atoms with Gasteiger partial charge in [-0.15, -0.1) is 0 Å². The van der Waals surface area contributed by atoms with Crippen LogP contribution < -0.4 is 4.90 Å². The number of hydrogen-bond donors (Lipinski definition) is 0. The second-order valence-electron chi connectivity index (χ2n) is 20.2. The van der Waals surface area contributed by atoms with Gasteiger partial charge in [0.25, 0.3) is 0 Å². The molecule has 11 rings (SSSR count). The van der Waals surface area contributed by atoms with E-state index in [1.54, 1.807) is 11.1 Å². The van der Waals surface area contributed by atoms with Crippen LogP contribution in [0, 0.1) is 0 Å². The molecule has 2 saturated carbocycles. The Morgan fingerprint density at radius 2 is 0.672 bits per heavy atom. The van der Waals surface area contributed by atoms with E-state index in [1.807, 2.05) is 0 Å². The van der Waals surface area contributed by atoms with Gasteiger partial charge in [-0.1, -0.05) is 159 Å². The van der Waals surface area contributed by atoms with Gasteiger partial charge in [-0.05, 0) is 152 Å². The number of hydrogen-bond acceptors (Lipinski definition) is 1.